The van der Waals surface area contributed by atoms with Gasteiger partial charge in [-0.3, -0.25) is 4.79 Å². The Labute approximate surface area is 112 Å². The smallest absolute Gasteiger partial charge is 0.328 e. The third kappa shape index (κ3) is 5.52. The van der Waals surface area contributed by atoms with Crippen LogP contribution in [0.15, 0.2) is 30.3 Å². The Hall–Kier alpha value is -1.88. The highest BCUT2D eigenvalue weighted by Gasteiger charge is 2.28. The van der Waals surface area contributed by atoms with Crippen molar-refractivity contribution in [2.45, 2.75) is 25.8 Å². The van der Waals surface area contributed by atoms with E-state index in [1.165, 1.54) is 13.8 Å². The van der Waals surface area contributed by atoms with Gasteiger partial charge < -0.3 is 15.2 Å². The number of hydrogen-bond donors (Lipinski definition) is 2. The van der Waals surface area contributed by atoms with Crippen LogP contribution in [-0.2, 0) is 20.7 Å². The Bertz CT molecular complexity index is 428. The molecule has 1 rings (SSSR count). The molecule has 0 aromatic heterocycles. The van der Waals surface area contributed by atoms with Gasteiger partial charge in [-0.25, -0.2) is 4.79 Å². The number of amides is 1. The predicted molar refractivity (Wildman–Crippen MR) is 70.8 cm³/mol. The minimum atomic E-state index is -1.28. The summed E-state index contributed by atoms with van der Waals surface area (Å²) in [4.78, 5) is 22.3. The highest BCUT2D eigenvalue weighted by Crippen LogP contribution is 2.02. The first-order chi connectivity index (χ1) is 8.92. The first kappa shape index (κ1) is 15.2. The van der Waals surface area contributed by atoms with E-state index >= 15 is 0 Å². The van der Waals surface area contributed by atoms with Crippen LogP contribution in [0.25, 0.3) is 0 Å². The normalized spacial score (nSPS) is 11.1. The lowest BCUT2D eigenvalue weighted by atomic mass is 10.1. The van der Waals surface area contributed by atoms with Crippen LogP contribution in [0, 0.1) is 0 Å². The second-order valence-corrected chi connectivity index (χ2v) is 4.77. The maximum absolute atomic E-state index is 11.5. The van der Waals surface area contributed by atoms with Crippen molar-refractivity contribution < 1.29 is 19.4 Å². The molecule has 0 saturated carbocycles. The molecule has 0 aliphatic carbocycles. The Balaban J connectivity index is 2.23. The van der Waals surface area contributed by atoms with E-state index in [9.17, 15) is 9.59 Å². The summed E-state index contributed by atoms with van der Waals surface area (Å²) in [5.41, 5.74) is -0.145. The molecule has 1 aromatic rings. The Morgan fingerprint density at radius 2 is 1.89 bits per heavy atom. The molecule has 1 aromatic carbocycles. The van der Waals surface area contributed by atoms with Crippen molar-refractivity contribution in [3.05, 3.63) is 35.9 Å². The summed E-state index contributed by atoms with van der Waals surface area (Å²) in [6.45, 7) is 3.14. The van der Waals surface area contributed by atoms with Crippen molar-refractivity contribution in [2.75, 3.05) is 13.2 Å². The minimum Gasteiger partial charge on any atom is -0.480 e. The van der Waals surface area contributed by atoms with Crippen molar-refractivity contribution in [3.63, 3.8) is 0 Å². The molecule has 0 aliphatic rings. The van der Waals surface area contributed by atoms with Gasteiger partial charge in [0, 0.05) is 0 Å². The summed E-state index contributed by atoms with van der Waals surface area (Å²) in [5.74, 6) is -1.51. The zero-order valence-corrected chi connectivity index (χ0v) is 11.2. The van der Waals surface area contributed by atoms with Crippen molar-refractivity contribution in [2.24, 2.45) is 0 Å². The van der Waals surface area contributed by atoms with Gasteiger partial charge in [0.25, 0.3) is 0 Å². The molecule has 0 aliphatic heterocycles. The van der Waals surface area contributed by atoms with Crippen LogP contribution in [0.5, 0.6) is 0 Å². The number of carboxylic acids is 1. The SMILES string of the molecule is CC(C)(NC(=O)COCCc1ccccc1)C(=O)O. The van der Waals surface area contributed by atoms with Crippen molar-refractivity contribution in [3.8, 4) is 0 Å². The zero-order chi connectivity index (χ0) is 14.3. The topological polar surface area (TPSA) is 75.6 Å². The third-order valence-corrected chi connectivity index (χ3v) is 2.60. The summed E-state index contributed by atoms with van der Waals surface area (Å²) >= 11 is 0. The summed E-state index contributed by atoms with van der Waals surface area (Å²) in [6.07, 6.45) is 0.719. The fourth-order valence-corrected chi connectivity index (χ4v) is 1.44. The molecule has 2 N–H and O–H groups in total. The fourth-order valence-electron chi connectivity index (χ4n) is 1.44. The molecule has 0 atom stereocenters. The van der Waals surface area contributed by atoms with E-state index in [1.807, 2.05) is 30.3 Å². The van der Waals surface area contributed by atoms with Crippen LogP contribution >= 0.6 is 0 Å². The number of nitrogens with one attached hydrogen (secondary N) is 1. The maximum atomic E-state index is 11.5. The summed E-state index contributed by atoms with van der Waals surface area (Å²) < 4.78 is 5.22. The van der Waals surface area contributed by atoms with Gasteiger partial charge in [-0.05, 0) is 25.8 Å². The molecule has 0 unspecified atom stereocenters. The number of hydrogen-bond acceptors (Lipinski definition) is 3. The van der Waals surface area contributed by atoms with Crippen molar-refractivity contribution in [1.29, 1.82) is 0 Å². The summed E-state index contributed by atoms with van der Waals surface area (Å²) in [7, 11) is 0. The van der Waals surface area contributed by atoms with Gasteiger partial charge in [0.05, 0.1) is 6.61 Å². The molecule has 5 heteroatoms. The monoisotopic (exact) mass is 265 g/mol. The van der Waals surface area contributed by atoms with Gasteiger partial charge in [0.1, 0.15) is 12.1 Å². The van der Waals surface area contributed by atoms with Gasteiger partial charge in [0.2, 0.25) is 5.91 Å². The molecule has 0 radical (unpaired) electrons. The summed E-state index contributed by atoms with van der Waals surface area (Å²) in [6, 6.07) is 9.79. The average Bonchev–Trinajstić information content (AvgIpc) is 2.35. The van der Waals surface area contributed by atoms with Crippen LogP contribution in [-0.4, -0.2) is 35.7 Å². The van der Waals surface area contributed by atoms with Crippen LogP contribution in [0.3, 0.4) is 0 Å². The second-order valence-electron chi connectivity index (χ2n) is 4.77. The van der Waals surface area contributed by atoms with E-state index in [4.69, 9.17) is 9.84 Å². The lowest BCUT2D eigenvalue weighted by Crippen LogP contribution is -2.50. The predicted octanol–water partition coefficient (Wildman–Crippen LogP) is 1.23. The van der Waals surface area contributed by atoms with E-state index in [1.54, 1.807) is 0 Å². The molecule has 0 heterocycles. The van der Waals surface area contributed by atoms with Crippen LogP contribution < -0.4 is 5.32 Å². The van der Waals surface area contributed by atoms with Crippen LogP contribution in [0.2, 0.25) is 0 Å². The quantitative estimate of drug-likeness (QED) is 0.727. The van der Waals surface area contributed by atoms with Gasteiger partial charge in [-0.2, -0.15) is 0 Å². The van der Waals surface area contributed by atoms with E-state index in [2.05, 4.69) is 5.32 Å². The van der Waals surface area contributed by atoms with Gasteiger partial charge in [-0.1, -0.05) is 30.3 Å². The molecule has 104 valence electrons. The molecule has 0 saturated heterocycles. The van der Waals surface area contributed by atoms with Gasteiger partial charge >= 0.3 is 5.97 Å². The number of carbonyl (C=O) groups is 2. The molecule has 19 heavy (non-hydrogen) atoms. The molecule has 0 fully saturated rings. The second kappa shape index (κ2) is 6.89. The Kier molecular flexibility index (Phi) is 5.51. The number of rotatable bonds is 7. The third-order valence-electron chi connectivity index (χ3n) is 2.60. The number of aliphatic carboxylic acids is 1. The molecule has 0 bridgehead atoms. The number of carboxylic acid groups (broad SMARTS) is 1. The van der Waals surface area contributed by atoms with Crippen LogP contribution in [0.1, 0.15) is 19.4 Å². The number of ether oxygens (including phenoxy) is 1. The molecular formula is C14H19NO4. The van der Waals surface area contributed by atoms with E-state index in [0.29, 0.717) is 6.61 Å². The van der Waals surface area contributed by atoms with E-state index in [0.717, 1.165) is 12.0 Å². The molecule has 0 spiro atoms. The summed E-state index contributed by atoms with van der Waals surface area (Å²) in [5, 5.41) is 11.2. The number of carbonyl (C=O) groups excluding carboxylic acids is 1. The van der Waals surface area contributed by atoms with Crippen molar-refractivity contribution >= 4 is 11.9 Å². The molecule has 1 amide bonds. The highest BCUT2D eigenvalue weighted by molar-refractivity contribution is 5.86. The largest absolute Gasteiger partial charge is 0.480 e. The standard InChI is InChI=1S/C14H19NO4/c1-14(2,13(17)18)15-12(16)10-19-9-8-11-6-4-3-5-7-11/h3-7H,8-10H2,1-2H3,(H,15,16)(H,17,18). The van der Waals surface area contributed by atoms with E-state index in [-0.39, 0.29) is 6.61 Å². The fraction of sp³-hybridized carbons (Fsp3) is 0.429. The first-order valence-electron chi connectivity index (χ1n) is 6.08. The first-order valence-corrected chi connectivity index (χ1v) is 6.08. The average molecular weight is 265 g/mol. The zero-order valence-electron chi connectivity index (χ0n) is 11.2. The van der Waals surface area contributed by atoms with Gasteiger partial charge in [0.15, 0.2) is 0 Å². The minimum absolute atomic E-state index is 0.135. The molecular weight excluding hydrogens is 246 g/mol. The molecule has 5 nitrogen and oxygen atoms in total. The van der Waals surface area contributed by atoms with E-state index < -0.39 is 17.4 Å². The highest BCUT2D eigenvalue weighted by atomic mass is 16.5. The van der Waals surface area contributed by atoms with Crippen molar-refractivity contribution in [1.82, 2.24) is 5.32 Å². The van der Waals surface area contributed by atoms with Gasteiger partial charge in [-0.15, -0.1) is 0 Å². The Morgan fingerprint density at radius 3 is 2.47 bits per heavy atom. The Morgan fingerprint density at radius 1 is 1.26 bits per heavy atom. The van der Waals surface area contributed by atoms with Crippen LogP contribution in [0.4, 0.5) is 0 Å². The maximum Gasteiger partial charge on any atom is 0.328 e. The lowest BCUT2D eigenvalue weighted by molar-refractivity contribution is -0.146. The lowest BCUT2D eigenvalue weighted by Gasteiger charge is -2.20. The number of benzene rings is 1.